The van der Waals surface area contributed by atoms with Crippen molar-refractivity contribution < 1.29 is 4.79 Å². The summed E-state index contributed by atoms with van der Waals surface area (Å²) in [7, 11) is 0. The molecule has 6 nitrogen and oxygen atoms in total. The summed E-state index contributed by atoms with van der Waals surface area (Å²) in [6.07, 6.45) is 6.56. The summed E-state index contributed by atoms with van der Waals surface area (Å²) in [5.74, 6) is 0.222. The maximum Gasteiger partial charge on any atom is 0.220 e. The molecule has 0 aliphatic carbocycles. The van der Waals surface area contributed by atoms with Crippen molar-refractivity contribution in [2.75, 3.05) is 32.7 Å². The summed E-state index contributed by atoms with van der Waals surface area (Å²) >= 11 is 0. The summed E-state index contributed by atoms with van der Waals surface area (Å²) in [6.45, 7) is 7.37. The first-order valence-corrected chi connectivity index (χ1v) is 9.56. The summed E-state index contributed by atoms with van der Waals surface area (Å²) in [4.78, 5) is 16.6. The molecule has 0 saturated carbocycles. The highest BCUT2D eigenvalue weighted by Crippen LogP contribution is 2.19. The molecule has 24 heavy (non-hydrogen) atoms. The molecule has 1 amide bonds. The van der Waals surface area contributed by atoms with Crippen molar-refractivity contribution >= 4 is 5.91 Å². The Balaban J connectivity index is 1.28. The molecule has 0 bridgehead atoms. The SMILES string of the molecule is O=C1CCC(N2CCN(Cc3cc4n(n3)CCCC4)CC2)CCN1. The van der Waals surface area contributed by atoms with Crippen molar-refractivity contribution in [1.82, 2.24) is 24.9 Å². The number of fused-ring (bicyclic) bond motifs is 1. The van der Waals surface area contributed by atoms with Gasteiger partial charge < -0.3 is 5.32 Å². The van der Waals surface area contributed by atoms with E-state index in [-0.39, 0.29) is 5.91 Å². The van der Waals surface area contributed by atoms with Gasteiger partial charge in [-0.25, -0.2) is 0 Å². The van der Waals surface area contributed by atoms with Crippen molar-refractivity contribution in [3.05, 3.63) is 17.5 Å². The topological polar surface area (TPSA) is 53.4 Å². The molecule has 0 radical (unpaired) electrons. The van der Waals surface area contributed by atoms with Crippen LogP contribution in [-0.2, 0) is 24.3 Å². The number of aromatic nitrogens is 2. The lowest BCUT2D eigenvalue weighted by Crippen LogP contribution is -2.50. The third-order valence-electron chi connectivity index (χ3n) is 5.78. The van der Waals surface area contributed by atoms with E-state index < -0.39 is 0 Å². The van der Waals surface area contributed by atoms with Crippen molar-refractivity contribution in [3.63, 3.8) is 0 Å². The second-order valence-electron chi connectivity index (χ2n) is 7.45. The van der Waals surface area contributed by atoms with Gasteiger partial charge in [0.2, 0.25) is 5.91 Å². The molecule has 1 aromatic heterocycles. The lowest BCUT2D eigenvalue weighted by atomic mass is 10.1. The summed E-state index contributed by atoms with van der Waals surface area (Å²) in [5.41, 5.74) is 2.66. The number of hydrogen-bond acceptors (Lipinski definition) is 4. The minimum atomic E-state index is 0.222. The van der Waals surface area contributed by atoms with E-state index >= 15 is 0 Å². The number of carbonyl (C=O) groups excluding carboxylic acids is 1. The van der Waals surface area contributed by atoms with E-state index in [1.165, 1.54) is 30.7 Å². The monoisotopic (exact) mass is 331 g/mol. The minimum absolute atomic E-state index is 0.222. The molecule has 3 aliphatic heterocycles. The molecule has 4 rings (SSSR count). The molecule has 2 fully saturated rings. The number of rotatable bonds is 3. The van der Waals surface area contributed by atoms with Gasteiger partial charge in [0.15, 0.2) is 0 Å². The number of amides is 1. The van der Waals surface area contributed by atoms with E-state index in [2.05, 4.69) is 25.9 Å². The summed E-state index contributed by atoms with van der Waals surface area (Å²) in [5, 5.41) is 7.78. The van der Waals surface area contributed by atoms with Gasteiger partial charge in [0.25, 0.3) is 0 Å². The van der Waals surface area contributed by atoms with Crippen LogP contribution < -0.4 is 5.32 Å². The zero-order chi connectivity index (χ0) is 16.4. The number of nitrogens with zero attached hydrogens (tertiary/aromatic N) is 4. The number of hydrogen-bond donors (Lipinski definition) is 1. The Bertz CT molecular complexity index is 552. The Kier molecular flexibility index (Phi) is 4.85. The van der Waals surface area contributed by atoms with Gasteiger partial charge >= 0.3 is 0 Å². The number of nitrogens with one attached hydrogen (secondary N) is 1. The van der Waals surface area contributed by atoms with Crippen molar-refractivity contribution in [2.24, 2.45) is 0 Å². The van der Waals surface area contributed by atoms with Gasteiger partial charge in [0.1, 0.15) is 0 Å². The molecule has 1 unspecified atom stereocenters. The molecule has 1 aromatic rings. The maximum atomic E-state index is 11.5. The second kappa shape index (κ2) is 7.23. The average molecular weight is 331 g/mol. The molecule has 2 saturated heterocycles. The van der Waals surface area contributed by atoms with E-state index in [1.807, 2.05) is 0 Å². The normalized spacial score (nSPS) is 26.7. The van der Waals surface area contributed by atoms with Crippen molar-refractivity contribution in [2.45, 2.75) is 57.7 Å². The fraction of sp³-hybridized carbons (Fsp3) is 0.778. The molecule has 4 heterocycles. The highest BCUT2D eigenvalue weighted by Gasteiger charge is 2.26. The highest BCUT2D eigenvalue weighted by atomic mass is 16.1. The van der Waals surface area contributed by atoms with Gasteiger partial charge in [0, 0.05) is 64.0 Å². The van der Waals surface area contributed by atoms with E-state index in [4.69, 9.17) is 5.10 Å². The molecule has 0 spiro atoms. The molecular weight excluding hydrogens is 302 g/mol. The molecule has 0 aromatic carbocycles. The Labute approximate surface area is 144 Å². The van der Waals surface area contributed by atoms with Crippen LogP contribution in [0, 0.1) is 0 Å². The Hall–Kier alpha value is -1.40. The Morgan fingerprint density at radius 1 is 1.08 bits per heavy atom. The number of aryl methyl sites for hydroxylation is 2. The second-order valence-corrected chi connectivity index (χ2v) is 7.45. The van der Waals surface area contributed by atoms with Gasteiger partial charge in [-0.2, -0.15) is 5.10 Å². The molecule has 132 valence electrons. The standard InChI is InChI=1S/C18H29N5O/c24-18-5-4-16(6-7-19-18)22-11-9-21(10-12-22)14-15-13-17-3-1-2-8-23(17)20-15/h13,16H,1-12,14H2,(H,19,24). The van der Waals surface area contributed by atoms with Crippen LogP contribution in [-0.4, -0.2) is 64.3 Å². The average Bonchev–Trinajstić information content (AvgIpc) is 2.88. The fourth-order valence-corrected chi connectivity index (χ4v) is 4.34. The Morgan fingerprint density at radius 3 is 2.79 bits per heavy atom. The third kappa shape index (κ3) is 3.64. The van der Waals surface area contributed by atoms with Crippen LogP contribution in [0.4, 0.5) is 0 Å². The summed E-state index contributed by atoms with van der Waals surface area (Å²) < 4.78 is 2.21. The van der Waals surface area contributed by atoms with Crippen molar-refractivity contribution in [1.29, 1.82) is 0 Å². The van der Waals surface area contributed by atoms with E-state index in [9.17, 15) is 4.79 Å². The van der Waals surface area contributed by atoms with Crippen LogP contribution in [0.15, 0.2) is 6.07 Å². The van der Waals surface area contributed by atoms with E-state index in [0.717, 1.165) is 58.7 Å². The first kappa shape index (κ1) is 16.1. The maximum absolute atomic E-state index is 11.5. The molecular formula is C18H29N5O. The number of piperazine rings is 1. The quantitative estimate of drug-likeness (QED) is 0.898. The first-order chi connectivity index (χ1) is 11.8. The number of carbonyl (C=O) groups is 1. The van der Waals surface area contributed by atoms with Gasteiger partial charge in [-0.05, 0) is 38.2 Å². The zero-order valence-corrected chi connectivity index (χ0v) is 14.5. The Morgan fingerprint density at radius 2 is 1.96 bits per heavy atom. The minimum Gasteiger partial charge on any atom is -0.356 e. The molecule has 1 N–H and O–H groups in total. The molecule has 6 heteroatoms. The fourth-order valence-electron chi connectivity index (χ4n) is 4.34. The lowest BCUT2D eigenvalue weighted by Gasteiger charge is -2.38. The van der Waals surface area contributed by atoms with Gasteiger partial charge in [-0.3, -0.25) is 19.3 Å². The highest BCUT2D eigenvalue weighted by molar-refractivity contribution is 5.76. The van der Waals surface area contributed by atoms with Crippen LogP contribution >= 0.6 is 0 Å². The van der Waals surface area contributed by atoms with Crippen molar-refractivity contribution in [3.8, 4) is 0 Å². The van der Waals surface area contributed by atoms with Crippen LogP contribution in [0.3, 0.4) is 0 Å². The molecule has 1 atom stereocenters. The van der Waals surface area contributed by atoms with E-state index in [0.29, 0.717) is 12.5 Å². The third-order valence-corrected chi connectivity index (χ3v) is 5.78. The molecule has 3 aliphatic rings. The van der Waals surface area contributed by atoms with Crippen LogP contribution in [0.2, 0.25) is 0 Å². The van der Waals surface area contributed by atoms with E-state index in [1.54, 1.807) is 0 Å². The smallest absolute Gasteiger partial charge is 0.220 e. The summed E-state index contributed by atoms with van der Waals surface area (Å²) in [6, 6.07) is 2.89. The first-order valence-electron chi connectivity index (χ1n) is 9.56. The lowest BCUT2D eigenvalue weighted by molar-refractivity contribution is -0.120. The largest absolute Gasteiger partial charge is 0.356 e. The predicted octanol–water partition coefficient (Wildman–Crippen LogP) is 1.01. The van der Waals surface area contributed by atoms with Gasteiger partial charge in [-0.1, -0.05) is 0 Å². The van der Waals surface area contributed by atoms with Crippen LogP contribution in [0.1, 0.15) is 43.5 Å². The van der Waals surface area contributed by atoms with Crippen LogP contribution in [0.5, 0.6) is 0 Å². The van der Waals surface area contributed by atoms with Gasteiger partial charge in [-0.15, -0.1) is 0 Å². The zero-order valence-electron chi connectivity index (χ0n) is 14.5. The van der Waals surface area contributed by atoms with Crippen LogP contribution in [0.25, 0.3) is 0 Å². The predicted molar refractivity (Wildman–Crippen MR) is 92.7 cm³/mol. The van der Waals surface area contributed by atoms with Gasteiger partial charge in [0.05, 0.1) is 5.69 Å².